The average molecular weight is 303 g/mol. The lowest BCUT2D eigenvalue weighted by Crippen LogP contribution is -2.42. The van der Waals surface area contributed by atoms with Gasteiger partial charge in [0.25, 0.3) is 0 Å². The van der Waals surface area contributed by atoms with Crippen molar-refractivity contribution in [3.8, 4) is 5.75 Å². The predicted octanol–water partition coefficient (Wildman–Crippen LogP) is -0.0986. The Bertz CT molecular complexity index is 611. The van der Waals surface area contributed by atoms with E-state index >= 15 is 0 Å². The Hall–Kier alpha value is -2.13. The molecule has 110 valence electrons. The first kappa shape index (κ1) is 15.9. The molecule has 1 atom stereocenters. The summed E-state index contributed by atoms with van der Waals surface area (Å²) in [4.78, 5) is 21.1. The monoisotopic (exact) mass is 303 g/mol. The number of hydrogen-bond donors (Lipinski definition) is 3. The van der Waals surface area contributed by atoms with Gasteiger partial charge in [0.1, 0.15) is 16.7 Å². The fourth-order valence-electron chi connectivity index (χ4n) is 1.45. The van der Waals surface area contributed by atoms with E-state index in [9.17, 15) is 18.0 Å². The summed E-state index contributed by atoms with van der Waals surface area (Å²) in [6.07, 6.45) is -0.871. The van der Waals surface area contributed by atoms with Crippen molar-refractivity contribution in [2.45, 2.75) is 17.4 Å². The van der Waals surface area contributed by atoms with Gasteiger partial charge in [-0.3, -0.25) is 9.59 Å². The number of para-hydroxylation sites is 1. The first-order chi connectivity index (χ1) is 9.27. The van der Waals surface area contributed by atoms with E-state index in [0.717, 1.165) is 0 Å². The molecule has 0 aromatic heterocycles. The summed E-state index contributed by atoms with van der Waals surface area (Å²) in [7, 11) is -2.95. The molecule has 0 aliphatic carbocycles. The molecule has 0 aliphatic rings. The highest BCUT2D eigenvalue weighted by molar-refractivity contribution is 7.89. The number of aliphatic carboxylic acids is 2. The normalized spacial score (nSPS) is 12.7. The molecule has 1 rings (SSSR count). The smallest absolute Gasteiger partial charge is 0.322 e. The number of sulfonamides is 1. The van der Waals surface area contributed by atoms with E-state index in [1.807, 2.05) is 4.72 Å². The largest absolute Gasteiger partial charge is 0.495 e. The molecular weight excluding hydrogens is 290 g/mol. The number of carboxylic acids is 2. The summed E-state index contributed by atoms with van der Waals surface area (Å²) in [5.74, 6) is -2.98. The van der Waals surface area contributed by atoms with Gasteiger partial charge in [-0.05, 0) is 12.1 Å². The van der Waals surface area contributed by atoms with E-state index in [-0.39, 0.29) is 10.6 Å². The Morgan fingerprint density at radius 2 is 1.90 bits per heavy atom. The van der Waals surface area contributed by atoms with Gasteiger partial charge in [-0.25, -0.2) is 8.42 Å². The van der Waals surface area contributed by atoms with Gasteiger partial charge < -0.3 is 14.9 Å². The fourth-order valence-corrected chi connectivity index (χ4v) is 2.81. The topological polar surface area (TPSA) is 130 Å². The van der Waals surface area contributed by atoms with Gasteiger partial charge in [-0.1, -0.05) is 12.1 Å². The van der Waals surface area contributed by atoms with Gasteiger partial charge in [-0.2, -0.15) is 4.72 Å². The number of carboxylic acid groups (broad SMARTS) is 2. The van der Waals surface area contributed by atoms with Crippen LogP contribution in [0.2, 0.25) is 0 Å². The van der Waals surface area contributed by atoms with Gasteiger partial charge >= 0.3 is 11.9 Å². The lowest BCUT2D eigenvalue weighted by atomic mass is 10.2. The third-order valence-electron chi connectivity index (χ3n) is 2.33. The lowest BCUT2D eigenvalue weighted by molar-refractivity contribution is -0.145. The Balaban J connectivity index is 3.09. The number of ether oxygens (including phenoxy) is 1. The Morgan fingerprint density at radius 1 is 1.30 bits per heavy atom. The summed E-state index contributed by atoms with van der Waals surface area (Å²) in [5, 5.41) is 17.4. The van der Waals surface area contributed by atoms with Crippen LogP contribution >= 0.6 is 0 Å². The summed E-state index contributed by atoms with van der Waals surface area (Å²) in [6, 6.07) is 3.83. The minimum atomic E-state index is -4.21. The van der Waals surface area contributed by atoms with Gasteiger partial charge in [-0.15, -0.1) is 0 Å². The van der Waals surface area contributed by atoms with Crippen LogP contribution in [0.25, 0.3) is 0 Å². The second-order valence-electron chi connectivity index (χ2n) is 3.76. The Kier molecular flexibility index (Phi) is 5.06. The Morgan fingerprint density at radius 3 is 2.40 bits per heavy atom. The van der Waals surface area contributed by atoms with Crippen LogP contribution in [0.4, 0.5) is 0 Å². The van der Waals surface area contributed by atoms with Gasteiger partial charge in [0, 0.05) is 0 Å². The molecule has 9 heteroatoms. The van der Waals surface area contributed by atoms with Crippen LogP contribution < -0.4 is 9.46 Å². The van der Waals surface area contributed by atoms with E-state index in [0.29, 0.717) is 0 Å². The molecule has 0 radical (unpaired) electrons. The maximum absolute atomic E-state index is 12.1. The molecule has 0 heterocycles. The summed E-state index contributed by atoms with van der Waals surface area (Å²) in [6.45, 7) is 0. The number of methoxy groups -OCH3 is 1. The summed E-state index contributed by atoms with van der Waals surface area (Å²) < 4.78 is 30.8. The molecular formula is C11H13NO7S. The van der Waals surface area contributed by atoms with Crippen LogP contribution in [-0.4, -0.2) is 43.7 Å². The molecule has 8 nitrogen and oxygen atoms in total. The van der Waals surface area contributed by atoms with Crippen LogP contribution in [-0.2, 0) is 19.6 Å². The molecule has 0 unspecified atom stereocenters. The molecule has 0 bridgehead atoms. The zero-order valence-corrected chi connectivity index (χ0v) is 11.3. The van der Waals surface area contributed by atoms with Crippen LogP contribution in [0.5, 0.6) is 5.75 Å². The first-order valence-corrected chi connectivity index (χ1v) is 6.86. The maximum atomic E-state index is 12.1. The second kappa shape index (κ2) is 6.35. The lowest BCUT2D eigenvalue weighted by Gasteiger charge is -2.14. The van der Waals surface area contributed by atoms with E-state index in [1.165, 1.54) is 25.3 Å². The average Bonchev–Trinajstić information content (AvgIpc) is 2.37. The van der Waals surface area contributed by atoms with E-state index < -0.39 is 34.4 Å². The van der Waals surface area contributed by atoms with E-state index in [4.69, 9.17) is 14.9 Å². The zero-order chi connectivity index (χ0) is 15.3. The standard InChI is InChI=1S/C11H13NO7S/c1-19-8-4-2-3-5-9(8)20(17,18)12-7(11(15)16)6-10(13)14/h2-5,7,12H,6H2,1H3,(H,13,14)(H,15,16)/t7-/m1/s1. The summed E-state index contributed by atoms with van der Waals surface area (Å²) in [5.41, 5.74) is 0. The van der Waals surface area contributed by atoms with Crippen molar-refractivity contribution >= 4 is 22.0 Å². The van der Waals surface area contributed by atoms with Gasteiger partial charge in [0.05, 0.1) is 13.5 Å². The van der Waals surface area contributed by atoms with Crippen molar-refractivity contribution in [2.75, 3.05) is 7.11 Å². The molecule has 3 N–H and O–H groups in total. The minimum absolute atomic E-state index is 0.0273. The quantitative estimate of drug-likeness (QED) is 0.641. The van der Waals surface area contributed by atoms with Crippen molar-refractivity contribution < 1.29 is 33.0 Å². The molecule has 0 spiro atoms. The molecule has 0 amide bonds. The number of benzene rings is 1. The molecule has 0 fully saturated rings. The van der Waals surface area contributed by atoms with Crippen LogP contribution in [0.15, 0.2) is 29.2 Å². The van der Waals surface area contributed by atoms with Crippen molar-refractivity contribution in [3.05, 3.63) is 24.3 Å². The predicted molar refractivity (Wildman–Crippen MR) is 67.0 cm³/mol. The van der Waals surface area contributed by atoms with E-state index in [1.54, 1.807) is 6.07 Å². The molecule has 0 aliphatic heterocycles. The first-order valence-electron chi connectivity index (χ1n) is 5.38. The van der Waals surface area contributed by atoms with E-state index in [2.05, 4.69) is 0 Å². The molecule has 1 aromatic rings. The highest BCUT2D eigenvalue weighted by Crippen LogP contribution is 2.22. The SMILES string of the molecule is COc1ccccc1S(=O)(=O)N[C@H](CC(=O)O)C(=O)O. The second-order valence-corrected chi connectivity index (χ2v) is 5.44. The molecule has 20 heavy (non-hydrogen) atoms. The highest BCUT2D eigenvalue weighted by Gasteiger charge is 2.29. The molecule has 0 saturated heterocycles. The Labute approximate surface area is 115 Å². The highest BCUT2D eigenvalue weighted by atomic mass is 32.2. The van der Waals surface area contributed by atoms with Crippen LogP contribution in [0, 0.1) is 0 Å². The minimum Gasteiger partial charge on any atom is -0.495 e. The van der Waals surface area contributed by atoms with Gasteiger partial charge in [0.15, 0.2) is 0 Å². The third kappa shape index (κ3) is 3.93. The number of carbonyl (C=O) groups is 2. The zero-order valence-electron chi connectivity index (χ0n) is 10.4. The van der Waals surface area contributed by atoms with Crippen molar-refractivity contribution in [2.24, 2.45) is 0 Å². The number of hydrogen-bond acceptors (Lipinski definition) is 5. The fraction of sp³-hybridized carbons (Fsp3) is 0.273. The van der Waals surface area contributed by atoms with Gasteiger partial charge in [0.2, 0.25) is 10.0 Å². The number of nitrogens with one attached hydrogen (secondary N) is 1. The van der Waals surface area contributed by atoms with Crippen LogP contribution in [0.1, 0.15) is 6.42 Å². The van der Waals surface area contributed by atoms with Crippen molar-refractivity contribution in [3.63, 3.8) is 0 Å². The third-order valence-corrected chi connectivity index (χ3v) is 3.84. The maximum Gasteiger partial charge on any atom is 0.322 e. The van der Waals surface area contributed by atoms with Crippen LogP contribution in [0.3, 0.4) is 0 Å². The van der Waals surface area contributed by atoms with Crippen molar-refractivity contribution in [1.82, 2.24) is 4.72 Å². The molecule has 1 aromatic carbocycles. The summed E-state index contributed by atoms with van der Waals surface area (Å²) >= 11 is 0. The number of rotatable bonds is 7. The van der Waals surface area contributed by atoms with Crippen molar-refractivity contribution in [1.29, 1.82) is 0 Å². The molecule has 0 saturated carbocycles.